The van der Waals surface area contributed by atoms with Gasteiger partial charge in [-0.3, -0.25) is 4.79 Å². The molecule has 0 aromatic rings. The van der Waals surface area contributed by atoms with E-state index in [-0.39, 0.29) is 11.3 Å². The van der Waals surface area contributed by atoms with Crippen molar-refractivity contribution < 1.29 is 4.79 Å². The Morgan fingerprint density at radius 2 is 2.12 bits per heavy atom. The largest absolute Gasteiger partial charge is 0.299 e. The lowest BCUT2D eigenvalue weighted by atomic mass is 9.61. The first-order chi connectivity index (χ1) is 7.91. The van der Waals surface area contributed by atoms with E-state index in [1.807, 2.05) is 0 Å². The third-order valence-corrected chi connectivity index (χ3v) is 4.53. The summed E-state index contributed by atoms with van der Waals surface area (Å²) >= 11 is 0. The molecule has 0 spiro atoms. The van der Waals surface area contributed by atoms with E-state index in [1.54, 1.807) is 0 Å². The zero-order chi connectivity index (χ0) is 13.1. The molecule has 1 heteroatoms. The molecule has 3 atom stereocenters. The fourth-order valence-corrected chi connectivity index (χ4v) is 2.67. The van der Waals surface area contributed by atoms with Crippen LogP contribution in [0.15, 0.2) is 23.8 Å². The van der Waals surface area contributed by atoms with Gasteiger partial charge < -0.3 is 0 Å². The molecule has 0 bridgehead atoms. The Hall–Kier alpha value is -0.850. The molecule has 1 saturated carbocycles. The topological polar surface area (TPSA) is 17.1 Å². The maximum atomic E-state index is 11.9. The van der Waals surface area contributed by atoms with Crippen molar-refractivity contribution in [2.24, 2.45) is 17.3 Å². The predicted molar refractivity (Wildman–Crippen MR) is 73.9 cm³/mol. The van der Waals surface area contributed by atoms with E-state index < -0.39 is 0 Å². The van der Waals surface area contributed by atoms with Gasteiger partial charge in [0.15, 0.2) is 0 Å². The summed E-state index contributed by atoms with van der Waals surface area (Å²) in [5.41, 5.74) is 1.32. The lowest BCUT2D eigenvalue weighted by molar-refractivity contribution is -0.129. The molecule has 0 aromatic heterocycles. The van der Waals surface area contributed by atoms with Gasteiger partial charge in [0.05, 0.1) is 0 Å². The van der Waals surface area contributed by atoms with Crippen molar-refractivity contribution in [1.82, 2.24) is 0 Å². The molecule has 0 radical (unpaired) electrons. The van der Waals surface area contributed by atoms with Crippen LogP contribution in [0.5, 0.6) is 0 Å². The molecule has 0 saturated heterocycles. The molecule has 17 heavy (non-hydrogen) atoms. The van der Waals surface area contributed by atoms with Crippen molar-refractivity contribution in [3.8, 4) is 0 Å². The minimum Gasteiger partial charge on any atom is -0.299 e. The zero-order valence-corrected chi connectivity index (χ0v) is 11.9. The molecule has 1 aliphatic carbocycles. The highest BCUT2D eigenvalue weighted by Crippen LogP contribution is 2.44. The molecule has 0 heterocycles. The van der Waals surface area contributed by atoms with E-state index in [4.69, 9.17) is 0 Å². The SMILES string of the molecule is CC/C=C(C)/C=C/C1(C)C(C)CCC(=O)C1C. The molecule has 0 aromatic carbocycles. The van der Waals surface area contributed by atoms with Crippen LogP contribution in [0.1, 0.15) is 53.9 Å². The summed E-state index contributed by atoms with van der Waals surface area (Å²) in [6.07, 6.45) is 9.53. The van der Waals surface area contributed by atoms with Crippen LogP contribution in [0.4, 0.5) is 0 Å². The van der Waals surface area contributed by atoms with Crippen LogP contribution in [0.3, 0.4) is 0 Å². The summed E-state index contributed by atoms with van der Waals surface area (Å²) in [6.45, 7) is 10.9. The first-order valence-electron chi connectivity index (χ1n) is 6.80. The Labute approximate surface area is 106 Å². The van der Waals surface area contributed by atoms with Crippen molar-refractivity contribution in [3.63, 3.8) is 0 Å². The Morgan fingerprint density at radius 3 is 2.71 bits per heavy atom. The number of ketones is 1. The highest BCUT2D eigenvalue weighted by Gasteiger charge is 2.41. The van der Waals surface area contributed by atoms with Crippen molar-refractivity contribution in [2.75, 3.05) is 0 Å². The van der Waals surface area contributed by atoms with Gasteiger partial charge in [-0.1, -0.05) is 51.5 Å². The standard InChI is InChI=1S/C16H26O/c1-6-7-12(2)10-11-16(5)13(3)8-9-15(17)14(16)4/h7,10-11,13-14H,6,8-9H2,1-5H3/b11-10+,12-7+. The Kier molecular flexibility index (Phi) is 4.73. The fourth-order valence-electron chi connectivity index (χ4n) is 2.67. The lowest BCUT2D eigenvalue weighted by Crippen LogP contribution is -2.40. The molecule has 1 nitrogen and oxygen atoms in total. The van der Waals surface area contributed by atoms with E-state index in [2.05, 4.69) is 52.8 Å². The summed E-state index contributed by atoms with van der Waals surface area (Å²) in [6, 6.07) is 0. The molecular weight excluding hydrogens is 208 g/mol. The van der Waals surface area contributed by atoms with Crippen molar-refractivity contribution >= 4 is 5.78 Å². The first-order valence-corrected chi connectivity index (χ1v) is 6.80. The number of Topliss-reactive ketones (excluding diaryl/α,β-unsaturated/α-hetero) is 1. The highest BCUT2D eigenvalue weighted by atomic mass is 16.1. The summed E-state index contributed by atoms with van der Waals surface area (Å²) < 4.78 is 0. The van der Waals surface area contributed by atoms with Gasteiger partial charge in [0, 0.05) is 12.3 Å². The molecule has 3 unspecified atom stereocenters. The van der Waals surface area contributed by atoms with Crippen LogP contribution in [0.2, 0.25) is 0 Å². The van der Waals surface area contributed by atoms with Gasteiger partial charge in [-0.2, -0.15) is 0 Å². The van der Waals surface area contributed by atoms with E-state index in [9.17, 15) is 4.79 Å². The van der Waals surface area contributed by atoms with Gasteiger partial charge in [0.1, 0.15) is 5.78 Å². The second kappa shape index (κ2) is 5.66. The van der Waals surface area contributed by atoms with Crippen molar-refractivity contribution in [3.05, 3.63) is 23.8 Å². The molecule has 0 amide bonds. The van der Waals surface area contributed by atoms with E-state index in [0.717, 1.165) is 19.3 Å². The van der Waals surface area contributed by atoms with E-state index >= 15 is 0 Å². The van der Waals surface area contributed by atoms with Crippen LogP contribution in [0, 0.1) is 17.3 Å². The number of carbonyl (C=O) groups is 1. The average Bonchev–Trinajstić information content (AvgIpc) is 2.30. The molecule has 0 N–H and O–H groups in total. The van der Waals surface area contributed by atoms with E-state index in [0.29, 0.717) is 11.7 Å². The monoisotopic (exact) mass is 234 g/mol. The normalized spacial score (nSPS) is 35.6. The molecular formula is C16H26O. The minimum absolute atomic E-state index is 0.0260. The highest BCUT2D eigenvalue weighted by molar-refractivity contribution is 5.82. The smallest absolute Gasteiger partial charge is 0.136 e. The molecule has 1 rings (SSSR count). The summed E-state index contributed by atoms with van der Waals surface area (Å²) in [5, 5.41) is 0. The van der Waals surface area contributed by atoms with Gasteiger partial charge in [-0.25, -0.2) is 0 Å². The van der Waals surface area contributed by atoms with E-state index in [1.165, 1.54) is 5.57 Å². The summed E-state index contributed by atoms with van der Waals surface area (Å²) in [4.78, 5) is 11.9. The molecule has 1 aliphatic rings. The molecule has 0 aliphatic heterocycles. The maximum absolute atomic E-state index is 11.9. The van der Waals surface area contributed by atoms with Crippen LogP contribution in [0.25, 0.3) is 0 Å². The average molecular weight is 234 g/mol. The third kappa shape index (κ3) is 3.08. The quantitative estimate of drug-likeness (QED) is 0.655. The number of allylic oxidation sites excluding steroid dienone is 4. The zero-order valence-electron chi connectivity index (χ0n) is 11.9. The fraction of sp³-hybridized carbons (Fsp3) is 0.688. The Balaban J connectivity index is 2.90. The summed E-state index contributed by atoms with van der Waals surface area (Å²) in [5.74, 6) is 1.16. The minimum atomic E-state index is 0.0260. The molecule has 96 valence electrons. The lowest BCUT2D eigenvalue weighted by Gasteiger charge is -2.42. The number of carbonyl (C=O) groups excluding carboxylic acids is 1. The van der Waals surface area contributed by atoms with Gasteiger partial charge in [-0.05, 0) is 31.1 Å². The first kappa shape index (κ1) is 14.2. The third-order valence-electron chi connectivity index (χ3n) is 4.53. The maximum Gasteiger partial charge on any atom is 0.136 e. The predicted octanol–water partition coefficient (Wildman–Crippen LogP) is 4.54. The van der Waals surface area contributed by atoms with Crippen LogP contribution in [-0.2, 0) is 4.79 Å². The van der Waals surface area contributed by atoms with Gasteiger partial charge in [0.25, 0.3) is 0 Å². The van der Waals surface area contributed by atoms with Crippen LogP contribution in [-0.4, -0.2) is 5.78 Å². The van der Waals surface area contributed by atoms with Crippen LogP contribution >= 0.6 is 0 Å². The Bertz CT molecular complexity index is 337. The number of hydrogen-bond donors (Lipinski definition) is 0. The second-order valence-corrected chi connectivity index (χ2v) is 5.68. The van der Waals surface area contributed by atoms with Crippen molar-refractivity contribution in [1.29, 1.82) is 0 Å². The number of rotatable bonds is 3. The second-order valence-electron chi connectivity index (χ2n) is 5.68. The van der Waals surface area contributed by atoms with Gasteiger partial charge in [-0.15, -0.1) is 0 Å². The summed E-state index contributed by atoms with van der Waals surface area (Å²) in [7, 11) is 0. The van der Waals surface area contributed by atoms with Gasteiger partial charge >= 0.3 is 0 Å². The molecule has 1 fully saturated rings. The Morgan fingerprint density at radius 1 is 1.47 bits per heavy atom. The van der Waals surface area contributed by atoms with Gasteiger partial charge in [0.2, 0.25) is 0 Å². The van der Waals surface area contributed by atoms with Crippen LogP contribution < -0.4 is 0 Å². The van der Waals surface area contributed by atoms with Crippen molar-refractivity contribution in [2.45, 2.75) is 53.9 Å². The number of hydrogen-bond acceptors (Lipinski definition) is 1.